The summed E-state index contributed by atoms with van der Waals surface area (Å²) in [4.78, 5) is 9.98. The van der Waals surface area contributed by atoms with Gasteiger partial charge < -0.3 is 9.47 Å². The Balaban J connectivity index is 2.92. The van der Waals surface area contributed by atoms with E-state index in [-0.39, 0.29) is 5.75 Å². The number of nitrogens with zero attached hydrogens (tertiary/aromatic N) is 2. The van der Waals surface area contributed by atoms with Crippen molar-refractivity contribution in [3.8, 4) is 5.75 Å². The predicted octanol–water partition coefficient (Wildman–Crippen LogP) is 2.04. The van der Waals surface area contributed by atoms with E-state index in [1.807, 2.05) is 0 Å². The molecule has 0 aliphatic rings. The van der Waals surface area contributed by atoms with Crippen molar-refractivity contribution in [3.63, 3.8) is 0 Å². The average Bonchev–Trinajstić information content (AvgIpc) is 2.46. The fourth-order valence-electron chi connectivity index (χ4n) is 0.886. The molecule has 0 spiro atoms. The maximum Gasteiger partial charge on any atom is 0.513 e. The zero-order valence-corrected chi connectivity index (χ0v) is 9.04. The van der Waals surface area contributed by atoms with Gasteiger partial charge in [0.2, 0.25) is 0 Å². The molecule has 1 aromatic rings. The lowest BCUT2D eigenvalue weighted by atomic mass is 10.4. The summed E-state index contributed by atoms with van der Waals surface area (Å²) in [5.41, 5.74) is 0.402. The van der Waals surface area contributed by atoms with Crippen LogP contribution in [0.5, 0.6) is 5.75 Å². The van der Waals surface area contributed by atoms with Crippen LogP contribution in [0.1, 0.15) is 10.5 Å². The highest BCUT2D eigenvalue weighted by molar-refractivity contribution is 6.44. The van der Waals surface area contributed by atoms with Crippen molar-refractivity contribution >= 4 is 29.4 Å². The Hall–Kier alpha value is -0.940. The van der Waals surface area contributed by atoms with Gasteiger partial charge in [0.15, 0.2) is 10.6 Å². The van der Waals surface area contributed by atoms with Gasteiger partial charge in [-0.15, -0.1) is 0 Å². The van der Waals surface area contributed by atoms with E-state index in [2.05, 4.69) is 9.84 Å². The lowest BCUT2D eigenvalue weighted by Crippen LogP contribution is -2.09. The Morgan fingerprint density at radius 3 is 2.79 bits per heavy atom. The van der Waals surface area contributed by atoms with Crippen LogP contribution in [0, 0.1) is 0 Å². The molecule has 1 rings (SSSR count). The second-order valence-corrected chi connectivity index (χ2v) is 3.47. The summed E-state index contributed by atoms with van der Waals surface area (Å²) in [5, 5.41) is 3.84. The number of halogens is 2. The van der Waals surface area contributed by atoms with Gasteiger partial charge in [0.25, 0.3) is 0 Å². The second-order valence-electron chi connectivity index (χ2n) is 2.37. The summed E-state index contributed by atoms with van der Waals surface area (Å²) in [7, 11) is 2.84. The average molecular weight is 239 g/mol. The number of aryl methyl sites for hydroxylation is 1. The molecule has 0 saturated carbocycles. The van der Waals surface area contributed by atoms with Crippen molar-refractivity contribution in [2.24, 2.45) is 7.05 Å². The topological polar surface area (TPSA) is 53.4 Å². The van der Waals surface area contributed by atoms with E-state index >= 15 is 0 Å². The number of ether oxygens (including phenoxy) is 2. The van der Waals surface area contributed by atoms with Gasteiger partial charge in [-0.2, -0.15) is 5.10 Å². The van der Waals surface area contributed by atoms with E-state index in [9.17, 15) is 4.79 Å². The van der Waals surface area contributed by atoms with Gasteiger partial charge in [0.05, 0.1) is 13.3 Å². The molecule has 0 radical (unpaired) electrons. The molecule has 14 heavy (non-hydrogen) atoms. The third kappa shape index (κ3) is 2.30. The van der Waals surface area contributed by atoms with Gasteiger partial charge in [0, 0.05) is 7.05 Å². The molecule has 0 aromatic carbocycles. The lowest BCUT2D eigenvalue weighted by molar-refractivity contribution is 0.121. The van der Waals surface area contributed by atoms with Gasteiger partial charge in [0.1, 0.15) is 5.69 Å². The van der Waals surface area contributed by atoms with Crippen molar-refractivity contribution in [2.75, 3.05) is 7.11 Å². The quantitative estimate of drug-likeness (QED) is 0.585. The van der Waals surface area contributed by atoms with E-state index in [1.54, 1.807) is 7.05 Å². The monoisotopic (exact) mass is 238 g/mol. The predicted molar refractivity (Wildman–Crippen MR) is 50.7 cm³/mol. The molecule has 0 N–H and O–H groups in total. The third-order valence-electron chi connectivity index (χ3n) is 1.52. The summed E-state index contributed by atoms with van der Waals surface area (Å²) in [6.07, 6.45) is 0.498. The van der Waals surface area contributed by atoms with Crippen LogP contribution in [0.2, 0.25) is 0 Å². The zero-order chi connectivity index (χ0) is 10.7. The molecule has 1 aromatic heterocycles. The van der Waals surface area contributed by atoms with Crippen LogP contribution < -0.4 is 4.74 Å². The van der Waals surface area contributed by atoms with Crippen LogP contribution in [-0.4, -0.2) is 23.0 Å². The number of hydrogen-bond donors (Lipinski definition) is 0. The lowest BCUT2D eigenvalue weighted by Gasteiger charge is -2.05. The molecular weight excluding hydrogens is 231 g/mol. The van der Waals surface area contributed by atoms with Crippen molar-refractivity contribution in [2.45, 2.75) is 4.84 Å². The molecule has 0 bridgehead atoms. The molecule has 0 aliphatic carbocycles. The maximum atomic E-state index is 10.8. The first-order valence-electron chi connectivity index (χ1n) is 3.62. The smallest absolute Gasteiger partial charge is 0.437 e. The van der Waals surface area contributed by atoms with Crippen molar-refractivity contribution in [1.82, 2.24) is 9.78 Å². The number of methoxy groups -OCH3 is 1. The third-order valence-corrected chi connectivity index (χ3v) is 1.93. The number of carbonyl (C=O) groups is 1. The van der Waals surface area contributed by atoms with Gasteiger partial charge in [-0.25, -0.2) is 4.79 Å². The summed E-state index contributed by atoms with van der Waals surface area (Å²) in [6, 6.07) is 0. The Kier molecular flexibility index (Phi) is 3.60. The largest absolute Gasteiger partial charge is 0.513 e. The highest BCUT2D eigenvalue weighted by Crippen LogP contribution is 2.32. The maximum absolute atomic E-state index is 10.8. The van der Waals surface area contributed by atoms with E-state index in [4.69, 9.17) is 27.9 Å². The molecule has 0 fully saturated rings. The molecule has 78 valence electrons. The normalized spacial score (nSPS) is 10.4. The standard InChI is InChI=1S/C7H8Cl2N2O3/c1-11-5(6(8)9)4(3-10-11)14-7(12)13-2/h3,6H,1-2H3. The van der Waals surface area contributed by atoms with Crippen LogP contribution in [0.25, 0.3) is 0 Å². The fraction of sp³-hybridized carbons (Fsp3) is 0.429. The minimum atomic E-state index is -0.840. The first-order chi connectivity index (χ1) is 6.56. The van der Waals surface area contributed by atoms with Crippen molar-refractivity contribution < 1.29 is 14.3 Å². The summed E-state index contributed by atoms with van der Waals surface area (Å²) in [6.45, 7) is 0. The van der Waals surface area contributed by atoms with Crippen LogP contribution in [0.15, 0.2) is 6.20 Å². The molecule has 0 amide bonds. The van der Waals surface area contributed by atoms with Gasteiger partial charge in [-0.3, -0.25) is 4.68 Å². The molecular formula is C7H8Cl2N2O3. The highest BCUT2D eigenvalue weighted by atomic mass is 35.5. The first-order valence-corrected chi connectivity index (χ1v) is 4.49. The molecule has 0 unspecified atom stereocenters. The Morgan fingerprint density at radius 2 is 2.29 bits per heavy atom. The first kappa shape index (κ1) is 11.1. The van der Waals surface area contributed by atoms with E-state index < -0.39 is 11.0 Å². The highest BCUT2D eigenvalue weighted by Gasteiger charge is 2.19. The van der Waals surface area contributed by atoms with Crippen molar-refractivity contribution in [1.29, 1.82) is 0 Å². The minimum Gasteiger partial charge on any atom is -0.437 e. The number of hydrogen-bond acceptors (Lipinski definition) is 4. The number of alkyl halides is 2. The summed E-state index contributed by atoms with van der Waals surface area (Å²) < 4.78 is 10.5. The molecule has 0 saturated heterocycles. The molecule has 7 heteroatoms. The fourth-order valence-corrected chi connectivity index (χ4v) is 1.38. The van der Waals surface area contributed by atoms with E-state index in [0.717, 1.165) is 0 Å². The number of aromatic nitrogens is 2. The van der Waals surface area contributed by atoms with Crippen LogP contribution in [0.4, 0.5) is 4.79 Å². The van der Waals surface area contributed by atoms with E-state index in [1.165, 1.54) is 18.0 Å². The SMILES string of the molecule is COC(=O)Oc1cnn(C)c1C(Cl)Cl. The Morgan fingerprint density at radius 1 is 1.64 bits per heavy atom. The van der Waals surface area contributed by atoms with Crippen molar-refractivity contribution in [3.05, 3.63) is 11.9 Å². The zero-order valence-electron chi connectivity index (χ0n) is 7.53. The van der Waals surface area contributed by atoms with E-state index in [0.29, 0.717) is 5.69 Å². The van der Waals surface area contributed by atoms with Crippen LogP contribution in [0.3, 0.4) is 0 Å². The minimum absolute atomic E-state index is 0.189. The van der Waals surface area contributed by atoms with Crippen LogP contribution in [-0.2, 0) is 11.8 Å². The molecule has 0 aliphatic heterocycles. The van der Waals surface area contributed by atoms with Crippen LogP contribution >= 0.6 is 23.2 Å². The van der Waals surface area contributed by atoms with Gasteiger partial charge >= 0.3 is 6.16 Å². The van der Waals surface area contributed by atoms with Gasteiger partial charge in [-0.05, 0) is 0 Å². The Bertz CT molecular complexity index is 338. The second kappa shape index (κ2) is 4.52. The molecule has 0 atom stereocenters. The summed E-state index contributed by atoms with van der Waals surface area (Å²) >= 11 is 11.3. The molecule has 1 heterocycles. The summed E-state index contributed by atoms with van der Waals surface area (Å²) in [5.74, 6) is 0.189. The Labute approximate surface area is 90.5 Å². The number of rotatable bonds is 2. The number of carbonyl (C=O) groups excluding carboxylic acids is 1. The molecule has 5 nitrogen and oxygen atoms in total. The van der Waals surface area contributed by atoms with Gasteiger partial charge in [-0.1, -0.05) is 23.2 Å².